The van der Waals surface area contributed by atoms with Crippen LogP contribution in [-0.2, 0) is 12.8 Å². The Bertz CT molecular complexity index is 983. The van der Waals surface area contributed by atoms with Crippen molar-refractivity contribution in [3.63, 3.8) is 0 Å². The molecule has 132 valence electrons. The monoisotopic (exact) mass is 367 g/mol. The van der Waals surface area contributed by atoms with Crippen LogP contribution >= 0.6 is 7.53 Å². The molecule has 5 rings (SSSR count). The molecule has 1 unspecified atom stereocenters. The van der Waals surface area contributed by atoms with Crippen molar-refractivity contribution in [2.75, 3.05) is 0 Å². The van der Waals surface area contributed by atoms with Crippen molar-refractivity contribution in [2.45, 2.75) is 25.7 Å². The van der Waals surface area contributed by atoms with Gasteiger partial charge in [0.15, 0.2) is 0 Å². The second-order valence-electron chi connectivity index (χ2n) is 7.11. The van der Waals surface area contributed by atoms with Gasteiger partial charge in [0.05, 0.1) is 5.69 Å². The Balaban J connectivity index is 1.89. The molecule has 0 amide bonds. The van der Waals surface area contributed by atoms with Gasteiger partial charge in [-0.25, -0.2) is 0 Å². The second kappa shape index (κ2) is 7.18. The van der Waals surface area contributed by atoms with E-state index in [0.29, 0.717) is 0 Å². The maximum Gasteiger partial charge on any atom is 0.0747 e. The highest BCUT2D eigenvalue weighted by Crippen LogP contribution is 2.61. The summed E-state index contributed by atoms with van der Waals surface area (Å²) >= 11 is 0. The number of aromatic nitrogens is 1. The van der Waals surface area contributed by atoms with Gasteiger partial charge in [0.25, 0.3) is 0 Å². The summed E-state index contributed by atoms with van der Waals surface area (Å²) in [6.45, 7) is 0. The van der Waals surface area contributed by atoms with Crippen LogP contribution in [-0.4, -0.2) is 4.98 Å². The summed E-state index contributed by atoms with van der Waals surface area (Å²) in [5, 5.41) is 4.49. The van der Waals surface area contributed by atoms with Gasteiger partial charge in [-0.05, 0) is 59.8 Å². The number of fused-ring (bicyclic) bond motifs is 1. The van der Waals surface area contributed by atoms with E-state index in [0.717, 1.165) is 5.69 Å². The van der Waals surface area contributed by atoms with E-state index in [9.17, 15) is 0 Å². The third-order valence-electron chi connectivity index (χ3n) is 5.46. The van der Waals surface area contributed by atoms with Crippen LogP contribution < -0.4 is 0 Å². The van der Waals surface area contributed by atoms with E-state index in [1.165, 1.54) is 41.8 Å². The molecule has 0 saturated heterocycles. The molecule has 2 aromatic heterocycles. The van der Waals surface area contributed by atoms with Crippen LogP contribution in [0.3, 0.4) is 0 Å². The number of nitrogens with zero attached hydrogens (tertiary/aromatic N) is 1. The summed E-state index contributed by atoms with van der Waals surface area (Å²) in [5.74, 6) is 0. The molecule has 0 saturated carbocycles. The highest BCUT2D eigenvalue weighted by molar-refractivity contribution is 7.63. The van der Waals surface area contributed by atoms with Gasteiger partial charge in [0, 0.05) is 16.8 Å². The first kappa shape index (κ1) is 16.5. The molecular formula is C25H22NP. The van der Waals surface area contributed by atoms with Crippen molar-refractivity contribution in [1.82, 2.24) is 4.98 Å². The number of hydrogen-bond acceptors (Lipinski definition) is 1. The lowest BCUT2D eigenvalue weighted by Crippen LogP contribution is -2.01. The van der Waals surface area contributed by atoms with Crippen molar-refractivity contribution in [3.05, 3.63) is 96.2 Å². The average Bonchev–Trinajstić information content (AvgIpc) is 3.11. The Labute approximate surface area is 161 Å². The fraction of sp³-hybridized carbons (Fsp3) is 0.160. The summed E-state index contributed by atoms with van der Waals surface area (Å²) in [6, 6.07) is 28.4. The Kier molecular flexibility index (Phi) is 4.40. The smallest absolute Gasteiger partial charge is 0.0747 e. The van der Waals surface area contributed by atoms with Crippen LogP contribution in [0.25, 0.3) is 27.2 Å². The van der Waals surface area contributed by atoms with E-state index in [1.807, 2.05) is 12.3 Å². The molecule has 1 aliphatic carbocycles. The van der Waals surface area contributed by atoms with E-state index in [2.05, 4.69) is 72.8 Å². The SMILES string of the molecule is c1ccc(-c2c3c(c(-c4ccccn4)p2-c2ccccc2)CCCC3)cc1. The summed E-state index contributed by atoms with van der Waals surface area (Å²) in [5.41, 5.74) is 5.72. The van der Waals surface area contributed by atoms with Gasteiger partial charge < -0.3 is 0 Å². The van der Waals surface area contributed by atoms with Gasteiger partial charge in [-0.15, -0.1) is 0 Å². The Morgan fingerprint density at radius 1 is 0.630 bits per heavy atom. The number of rotatable bonds is 3. The lowest BCUT2D eigenvalue weighted by atomic mass is 9.90. The quantitative estimate of drug-likeness (QED) is 0.371. The molecule has 1 atom stereocenters. The summed E-state index contributed by atoms with van der Waals surface area (Å²) in [7, 11) is -0.573. The van der Waals surface area contributed by atoms with Crippen molar-refractivity contribution in [1.29, 1.82) is 0 Å². The zero-order chi connectivity index (χ0) is 18.1. The predicted octanol–water partition coefficient (Wildman–Crippen LogP) is 7.27. The molecule has 2 heteroatoms. The molecule has 2 heterocycles. The first-order valence-corrected chi connectivity index (χ1v) is 11.1. The molecule has 1 nitrogen and oxygen atoms in total. The van der Waals surface area contributed by atoms with Gasteiger partial charge >= 0.3 is 0 Å². The molecule has 0 N–H and O–H groups in total. The van der Waals surface area contributed by atoms with Crippen LogP contribution in [0, 0.1) is 0 Å². The minimum Gasteiger partial charge on any atom is -0.256 e. The van der Waals surface area contributed by atoms with Gasteiger partial charge in [0.1, 0.15) is 0 Å². The molecule has 4 aromatic rings. The third kappa shape index (κ3) is 2.93. The third-order valence-corrected chi connectivity index (χ3v) is 8.19. The highest BCUT2D eigenvalue weighted by atomic mass is 31.1. The number of benzene rings is 2. The standard InChI is InChI=1S/C25H22NP/c1-3-11-19(12-4-1)24-21-15-7-8-16-22(21)25(23-17-9-10-18-26-23)27(24)20-13-5-2-6-14-20/h1-6,9-14,17-18H,7-8,15-16H2. The summed E-state index contributed by atoms with van der Waals surface area (Å²) in [4.78, 5) is 4.79. The molecule has 0 aliphatic heterocycles. The molecule has 0 fully saturated rings. The molecule has 0 spiro atoms. The van der Waals surface area contributed by atoms with E-state index >= 15 is 0 Å². The Morgan fingerprint density at radius 2 is 1.26 bits per heavy atom. The van der Waals surface area contributed by atoms with E-state index in [-0.39, 0.29) is 0 Å². The minimum atomic E-state index is -0.573. The van der Waals surface area contributed by atoms with Gasteiger partial charge in [-0.2, -0.15) is 0 Å². The lowest BCUT2D eigenvalue weighted by molar-refractivity contribution is 0.692. The Morgan fingerprint density at radius 3 is 1.93 bits per heavy atom. The topological polar surface area (TPSA) is 12.9 Å². The Hall–Kier alpha value is -2.63. The molecule has 27 heavy (non-hydrogen) atoms. The fourth-order valence-electron chi connectivity index (χ4n) is 4.32. The normalized spacial score (nSPS) is 14.0. The molecule has 1 aliphatic rings. The summed E-state index contributed by atoms with van der Waals surface area (Å²) < 4.78 is 0. The number of pyridine rings is 1. The maximum absolute atomic E-state index is 4.79. The van der Waals surface area contributed by atoms with Crippen molar-refractivity contribution < 1.29 is 0 Å². The fourth-order valence-corrected chi connectivity index (χ4v) is 7.33. The first-order valence-electron chi connectivity index (χ1n) is 9.72. The van der Waals surface area contributed by atoms with E-state index < -0.39 is 7.53 Å². The van der Waals surface area contributed by atoms with E-state index in [4.69, 9.17) is 4.98 Å². The van der Waals surface area contributed by atoms with Crippen LogP contribution in [0.2, 0.25) is 0 Å². The van der Waals surface area contributed by atoms with Crippen LogP contribution in [0.4, 0.5) is 0 Å². The van der Waals surface area contributed by atoms with Crippen molar-refractivity contribution in [2.24, 2.45) is 0 Å². The highest BCUT2D eigenvalue weighted by Gasteiger charge is 2.27. The average molecular weight is 367 g/mol. The second-order valence-corrected chi connectivity index (χ2v) is 9.20. The largest absolute Gasteiger partial charge is 0.256 e. The number of hydrogen-bond donors (Lipinski definition) is 0. The molecule has 0 bridgehead atoms. The van der Waals surface area contributed by atoms with Crippen LogP contribution in [0.15, 0.2) is 85.1 Å². The maximum atomic E-state index is 4.79. The van der Waals surface area contributed by atoms with Gasteiger partial charge in [0.2, 0.25) is 0 Å². The van der Waals surface area contributed by atoms with Crippen LogP contribution in [0.1, 0.15) is 24.0 Å². The van der Waals surface area contributed by atoms with Gasteiger partial charge in [-0.3, -0.25) is 4.98 Å². The predicted molar refractivity (Wildman–Crippen MR) is 116 cm³/mol. The first-order chi connectivity index (χ1) is 13.4. The molecule has 0 radical (unpaired) electrons. The zero-order valence-corrected chi connectivity index (χ0v) is 16.2. The molecule has 2 aromatic carbocycles. The van der Waals surface area contributed by atoms with E-state index in [1.54, 1.807) is 16.4 Å². The van der Waals surface area contributed by atoms with Crippen molar-refractivity contribution >= 4 is 7.53 Å². The summed E-state index contributed by atoms with van der Waals surface area (Å²) in [6.07, 6.45) is 6.90. The van der Waals surface area contributed by atoms with Crippen LogP contribution in [0.5, 0.6) is 0 Å². The minimum absolute atomic E-state index is 0.573. The zero-order valence-electron chi connectivity index (χ0n) is 15.3. The lowest BCUT2D eigenvalue weighted by Gasteiger charge is -2.15. The van der Waals surface area contributed by atoms with Gasteiger partial charge in [-0.1, -0.05) is 74.3 Å². The molecular weight excluding hydrogens is 345 g/mol. The van der Waals surface area contributed by atoms with Crippen molar-refractivity contribution in [3.8, 4) is 27.2 Å².